The Kier molecular flexibility index (Phi) is 5.06. The summed E-state index contributed by atoms with van der Waals surface area (Å²) >= 11 is 5.79. The number of urea groups is 1. The van der Waals surface area contributed by atoms with Gasteiger partial charge in [-0.25, -0.2) is 9.78 Å². The van der Waals surface area contributed by atoms with Crippen molar-refractivity contribution in [3.8, 4) is 0 Å². The summed E-state index contributed by atoms with van der Waals surface area (Å²) < 4.78 is 2.29. The highest BCUT2D eigenvalue weighted by atomic mass is 35.5. The van der Waals surface area contributed by atoms with Gasteiger partial charge in [0.1, 0.15) is 16.8 Å². The van der Waals surface area contributed by atoms with E-state index in [2.05, 4.69) is 25.1 Å². The fraction of sp³-hybridized carbons (Fsp3) is 0.556. The topological polar surface area (TPSA) is 75.9 Å². The minimum Gasteiger partial charge on any atom is -0.324 e. The largest absolute Gasteiger partial charge is 0.324 e. The molecule has 2 amide bonds. The van der Waals surface area contributed by atoms with E-state index in [4.69, 9.17) is 11.6 Å². The van der Waals surface area contributed by atoms with E-state index in [0.29, 0.717) is 17.4 Å². The monoisotopic (exact) mass is 374 g/mol. The van der Waals surface area contributed by atoms with Crippen molar-refractivity contribution in [2.24, 2.45) is 0 Å². The van der Waals surface area contributed by atoms with Gasteiger partial charge in [-0.05, 0) is 37.8 Å². The number of amides is 2. The molecule has 0 spiro atoms. The van der Waals surface area contributed by atoms with Crippen LogP contribution in [0.2, 0.25) is 5.15 Å². The minimum atomic E-state index is -0.102. The van der Waals surface area contributed by atoms with Crippen LogP contribution in [0.15, 0.2) is 18.3 Å². The fourth-order valence-electron chi connectivity index (χ4n) is 3.83. The molecule has 1 fully saturated rings. The Labute approximate surface area is 157 Å². The average molecular weight is 375 g/mol. The smallest absolute Gasteiger partial charge is 0.321 e. The number of aryl methyl sites for hydroxylation is 1. The van der Waals surface area contributed by atoms with Gasteiger partial charge in [0.2, 0.25) is 0 Å². The number of aromatic nitrogens is 4. The number of hydrogen-bond acceptors (Lipinski definition) is 4. The van der Waals surface area contributed by atoms with Gasteiger partial charge >= 0.3 is 6.03 Å². The van der Waals surface area contributed by atoms with Gasteiger partial charge in [-0.2, -0.15) is 0 Å². The lowest BCUT2D eigenvalue weighted by Crippen LogP contribution is -2.42. The van der Waals surface area contributed by atoms with Crippen molar-refractivity contribution in [2.75, 3.05) is 18.4 Å². The summed E-state index contributed by atoms with van der Waals surface area (Å²) in [6.45, 7) is 2.42. The SMILES string of the molecule is O=C(Nc1ccc(Cl)nc1)N1CCC[C@@H](c2nnc3n2CCCCC3)C1. The molecule has 1 atom stereocenters. The quantitative estimate of drug-likeness (QED) is 0.816. The van der Waals surface area contributed by atoms with Crippen molar-refractivity contribution < 1.29 is 4.79 Å². The third-order valence-corrected chi connectivity index (χ3v) is 5.41. The third-order valence-electron chi connectivity index (χ3n) is 5.19. The van der Waals surface area contributed by atoms with Crippen LogP contribution in [0.4, 0.5) is 10.5 Å². The predicted octanol–water partition coefficient (Wildman–Crippen LogP) is 3.46. The van der Waals surface area contributed by atoms with E-state index in [9.17, 15) is 4.79 Å². The van der Waals surface area contributed by atoms with E-state index in [1.807, 2.05) is 4.90 Å². The van der Waals surface area contributed by atoms with Crippen molar-refractivity contribution in [1.29, 1.82) is 0 Å². The number of nitrogens with zero attached hydrogens (tertiary/aromatic N) is 5. The highest BCUT2D eigenvalue weighted by Gasteiger charge is 2.29. The van der Waals surface area contributed by atoms with Crippen LogP contribution in [0.25, 0.3) is 0 Å². The number of carbonyl (C=O) groups excluding carboxylic acids is 1. The molecule has 0 saturated carbocycles. The molecule has 1 N–H and O–H groups in total. The Bertz CT molecular complexity index is 774. The molecule has 7 nitrogen and oxygen atoms in total. The number of fused-ring (bicyclic) bond motifs is 1. The molecule has 0 aliphatic carbocycles. The number of halogens is 1. The lowest BCUT2D eigenvalue weighted by Gasteiger charge is -2.32. The van der Waals surface area contributed by atoms with Gasteiger partial charge in [0.05, 0.1) is 11.9 Å². The van der Waals surface area contributed by atoms with E-state index in [-0.39, 0.29) is 11.9 Å². The molecule has 8 heteroatoms. The lowest BCUT2D eigenvalue weighted by molar-refractivity contribution is 0.190. The van der Waals surface area contributed by atoms with Crippen molar-refractivity contribution >= 4 is 23.3 Å². The molecule has 0 bridgehead atoms. The molecule has 0 unspecified atom stereocenters. The number of carbonyl (C=O) groups is 1. The van der Waals surface area contributed by atoms with Crippen LogP contribution < -0.4 is 5.32 Å². The number of rotatable bonds is 2. The fourth-order valence-corrected chi connectivity index (χ4v) is 3.95. The first-order valence-corrected chi connectivity index (χ1v) is 9.68. The number of anilines is 1. The van der Waals surface area contributed by atoms with Gasteiger partial charge in [0.15, 0.2) is 0 Å². The maximum Gasteiger partial charge on any atom is 0.321 e. The van der Waals surface area contributed by atoms with Crippen LogP contribution in [0.5, 0.6) is 0 Å². The summed E-state index contributed by atoms with van der Waals surface area (Å²) in [5.74, 6) is 2.40. The molecule has 2 aromatic heterocycles. The van der Waals surface area contributed by atoms with Crippen molar-refractivity contribution in [1.82, 2.24) is 24.6 Å². The van der Waals surface area contributed by atoms with Gasteiger partial charge in [-0.15, -0.1) is 10.2 Å². The minimum absolute atomic E-state index is 0.102. The van der Waals surface area contributed by atoms with Gasteiger partial charge in [0, 0.05) is 32.0 Å². The van der Waals surface area contributed by atoms with E-state index in [1.54, 1.807) is 18.3 Å². The summed E-state index contributed by atoms with van der Waals surface area (Å²) in [4.78, 5) is 18.5. The number of nitrogens with one attached hydrogen (secondary N) is 1. The van der Waals surface area contributed by atoms with Gasteiger partial charge in [-0.1, -0.05) is 18.0 Å². The molecular formula is C18H23ClN6O. The van der Waals surface area contributed by atoms with E-state index < -0.39 is 0 Å². The van der Waals surface area contributed by atoms with E-state index >= 15 is 0 Å². The second-order valence-electron chi connectivity index (χ2n) is 7.02. The number of piperidine rings is 1. The molecule has 1 saturated heterocycles. The second kappa shape index (κ2) is 7.61. The van der Waals surface area contributed by atoms with Crippen LogP contribution in [0.3, 0.4) is 0 Å². The number of pyridine rings is 1. The zero-order valence-electron chi connectivity index (χ0n) is 14.7. The highest BCUT2D eigenvalue weighted by molar-refractivity contribution is 6.29. The van der Waals surface area contributed by atoms with Gasteiger partial charge < -0.3 is 14.8 Å². The molecule has 0 aromatic carbocycles. The number of likely N-dealkylation sites (tertiary alicyclic amines) is 1. The Morgan fingerprint density at radius 2 is 2.08 bits per heavy atom. The zero-order valence-corrected chi connectivity index (χ0v) is 15.5. The first-order chi connectivity index (χ1) is 12.7. The first kappa shape index (κ1) is 17.3. The summed E-state index contributed by atoms with van der Waals surface area (Å²) in [6.07, 6.45) is 8.21. The zero-order chi connectivity index (χ0) is 17.9. The number of hydrogen-bond donors (Lipinski definition) is 1. The first-order valence-electron chi connectivity index (χ1n) is 9.30. The molecule has 4 heterocycles. The Morgan fingerprint density at radius 3 is 2.92 bits per heavy atom. The van der Waals surface area contributed by atoms with Crippen molar-refractivity contribution in [2.45, 2.75) is 51.0 Å². The van der Waals surface area contributed by atoms with Crippen LogP contribution in [-0.4, -0.2) is 43.8 Å². The second-order valence-corrected chi connectivity index (χ2v) is 7.41. The summed E-state index contributed by atoms with van der Waals surface area (Å²) in [5, 5.41) is 12.2. The molecule has 0 radical (unpaired) electrons. The van der Waals surface area contributed by atoms with Gasteiger partial charge in [0.25, 0.3) is 0 Å². The maximum atomic E-state index is 12.6. The normalized spacial score (nSPS) is 20.3. The maximum absolute atomic E-state index is 12.6. The highest BCUT2D eigenvalue weighted by Crippen LogP contribution is 2.28. The summed E-state index contributed by atoms with van der Waals surface area (Å²) in [5.41, 5.74) is 0.651. The standard InChI is InChI=1S/C18H23ClN6O/c19-15-8-7-14(11-20-15)21-18(26)24-9-4-5-13(12-24)17-23-22-16-6-2-1-3-10-25(16)17/h7-8,11,13H,1-6,9-10,12H2,(H,21,26)/t13-/m1/s1. The lowest BCUT2D eigenvalue weighted by atomic mass is 9.97. The molecule has 138 valence electrons. The summed E-state index contributed by atoms with van der Waals surface area (Å²) in [7, 11) is 0. The molecule has 4 rings (SSSR count). The Hall–Kier alpha value is -2.15. The van der Waals surface area contributed by atoms with E-state index in [0.717, 1.165) is 44.0 Å². The third kappa shape index (κ3) is 3.67. The van der Waals surface area contributed by atoms with Crippen LogP contribution >= 0.6 is 11.6 Å². The van der Waals surface area contributed by atoms with E-state index in [1.165, 1.54) is 19.3 Å². The molecular weight excluding hydrogens is 352 g/mol. The predicted molar refractivity (Wildman–Crippen MR) is 99.4 cm³/mol. The summed E-state index contributed by atoms with van der Waals surface area (Å²) in [6, 6.07) is 3.32. The van der Waals surface area contributed by atoms with Crippen molar-refractivity contribution in [3.05, 3.63) is 35.1 Å². The van der Waals surface area contributed by atoms with Crippen molar-refractivity contribution in [3.63, 3.8) is 0 Å². The van der Waals surface area contributed by atoms with Gasteiger partial charge in [-0.3, -0.25) is 0 Å². The Morgan fingerprint density at radius 1 is 1.15 bits per heavy atom. The molecule has 2 aliphatic rings. The average Bonchev–Trinajstić information content (AvgIpc) is 2.92. The van der Waals surface area contributed by atoms with Crippen LogP contribution in [0.1, 0.15) is 49.7 Å². The Balaban J connectivity index is 1.45. The van der Waals surface area contributed by atoms with Crippen LogP contribution in [-0.2, 0) is 13.0 Å². The van der Waals surface area contributed by atoms with Crippen LogP contribution in [0, 0.1) is 0 Å². The molecule has 2 aliphatic heterocycles. The molecule has 26 heavy (non-hydrogen) atoms. The molecule has 2 aromatic rings.